The van der Waals surface area contributed by atoms with Crippen molar-refractivity contribution in [1.29, 1.82) is 0 Å². The average molecular weight is 412 g/mol. The molecule has 0 aliphatic carbocycles. The van der Waals surface area contributed by atoms with E-state index in [0.29, 0.717) is 0 Å². The van der Waals surface area contributed by atoms with Crippen LogP contribution in [0.25, 0.3) is 17.1 Å². The summed E-state index contributed by atoms with van der Waals surface area (Å²) in [6, 6.07) is 16.4. The first-order chi connectivity index (χ1) is 14.3. The van der Waals surface area contributed by atoms with E-state index >= 15 is 0 Å². The number of hydrogen-bond acceptors (Lipinski definition) is 5. The number of thioether (sulfide) groups is 1. The van der Waals surface area contributed by atoms with Gasteiger partial charge in [-0.3, -0.25) is 4.57 Å². The zero-order chi connectivity index (χ0) is 20.1. The molecule has 2 aromatic carbocycles. The van der Waals surface area contributed by atoms with Gasteiger partial charge < -0.3 is 14.4 Å². The molecule has 1 aromatic heterocycles. The maximum absolute atomic E-state index is 5.58. The number of nitrogens with one attached hydrogen (secondary N) is 1. The van der Waals surface area contributed by atoms with Gasteiger partial charge in [0, 0.05) is 5.69 Å². The monoisotopic (exact) mass is 411 g/mol. The summed E-state index contributed by atoms with van der Waals surface area (Å²) in [4.78, 5) is 1.59. The van der Waals surface area contributed by atoms with E-state index in [1.54, 1.807) is 23.8 Å². The smallest absolute Gasteiger partial charge is 0.196 e. The van der Waals surface area contributed by atoms with E-state index in [1.807, 2.05) is 24.3 Å². The van der Waals surface area contributed by atoms with Gasteiger partial charge in [-0.2, -0.15) is 0 Å². The van der Waals surface area contributed by atoms with Gasteiger partial charge in [-0.25, -0.2) is 0 Å². The maximum Gasteiger partial charge on any atom is 0.196 e. The van der Waals surface area contributed by atoms with Crippen LogP contribution in [0.15, 0.2) is 53.7 Å². The number of para-hydroxylation sites is 1. The van der Waals surface area contributed by atoms with Gasteiger partial charge in [0.25, 0.3) is 0 Å². The summed E-state index contributed by atoms with van der Waals surface area (Å²) < 4.78 is 13.2. The van der Waals surface area contributed by atoms with E-state index < -0.39 is 0 Å². The number of rotatable bonds is 7. The number of benzene rings is 2. The lowest BCUT2D eigenvalue weighted by Crippen LogP contribution is -3.14. The normalized spacial score (nSPS) is 14.8. The molecule has 29 heavy (non-hydrogen) atoms. The SMILES string of the molecule is COc1ccccc1-c1nnc(SCC[NH+]2CCOCC2)n1-c1ccc(C)cc1. The standard InChI is InChI=1S/C22H26N4O2S/c1-17-7-9-18(10-8-17)26-21(19-5-3-4-6-20(19)27-2)23-24-22(26)29-16-13-25-11-14-28-15-12-25/h3-10H,11-16H2,1-2H3/p+1. The minimum atomic E-state index is 0.794. The molecule has 0 amide bonds. The second kappa shape index (κ2) is 9.43. The van der Waals surface area contributed by atoms with Gasteiger partial charge in [0.1, 0.15) is 18.8 Å². The lowest BCUT2D eigenvalue weighted by molar-refractivity contribution is -0.905. The summed E-state index contributed by atoms with van der Waals surface area (Å²) in [6.07, 6.45) is 0. The zero-order valence-electron chi connectivity index (χ0n) is 16.9. The summed E-state index contributed by atoms with van der Waals surface area (Å²) in [5.74, 6) is 2.58. The third-order valence-electron chi connectivity index (χ3n) is 5.16. The minimum absolute atomic E-state index is 0.794. The maximum atomic E-state index is 5.58. The van der Waals surface area contributed by atoms with Crippen LogP contribution in [0.5, 0.6) is 5.75 Å². The Bertz CT molecular complexity index is 936. The van der Waals surface area contributed by atoms with Crippen LogP contribution in [-0.2, 0) is 4.74 Å². The van der Waals surface area contributed by atoms with Crippen LogP contribution in [0.4, 0.5) is 0 Å². The van der Waals surface area contributed by atoms with Gasteiger partial charge in [-0.05, 0) is 31.2 Å². The van der Waals surface area contributed by atoms with Crippen LogP contribution < -0.4 is 9.64 Å². The second-order valence-electron chi connectivity index (χ2n) is 7.14. The Balaban J connectivity index is 1.64. The average Bonchev–Trinajstić information content (AvgIpc) is 3.18. The summed E-state index contributed by atoms with van der Waals surface area (Å²) in [5, 5.41) is 9.99. The largest absolute Gasteiger partial charge is 0.496 e. The van der Waals surface area contributed by atoms with Crippen molar-refractivity contribution < 1.29 is 14.4 Å². The summed E-state index contributed by atoms with van der Waals surface area (Å²) >= 11 is 1.76. The highest BCUT2D eigenvalue weighted by molar-refractivity contribution is 7.99. The third kappa shape index (κ3) is 4.63. The second-order valence-corrected chi connectivity index (χ2v) is 8.20. The van der Waals surface area contributed by atoms with Crippen molar-refractivity contribution in [2.24, 2.45) is 0 Å². The van der Waals surface area contributed by atoms with Crippen LogP contribution in [0, 0.1) is 6.92 Å². The molecule has 0 unspecified atom stereocenters. The fourth-order valence-corrected chi connectivity index (χ4v) is 4.48. The topological polar surface area (TPSA) is 53.6 Å². The van der Waals surface area contributed by atoms with Crippen molar-refractivity contribution in [2.75, 3.05) is 45.7 Å². The Labute approximate surface area is 175 Å². The molecule has 1 aliphatic heterocycles. The molecule has 0 radical (unpaired) electrons. The number of methoxy groups -OCH3 is 1. The highest BCUT2D eigenvalue weighted by atomic mass is 32.2. The number of morpholine rings is 1. The molecular weight excluding hydrogens is 384 g/mol. The lowest BCUT2D eigenvalue weighted by atomic mass is 10.1. The van der Waals surface area contributed by atoms with Gasteiger partial charge >= 0.3 is 0 Å². The van der Waals surface area contributed by atoms with Crippen molar-refractivity contribution in [3.8, 4) is 22.8 Å². The molecule has 2 heterocycles. The molecule has 0 atom stereocenters. The van der Waals surface area contributed by atoms with Gasteiger partial charge in [0.15, 0.2) is 11.0 Å². The fraction of sp³-hybridized carbons (Fsp3) is 0.364. The Morgan fingerprint density at radius 2 is 1.83 bits per heavy atom. The summed E-state index contributed by atoms with van der Waals surface area (Å²) in [5.41, 5.74) is 3.22. The fourth-order valence-electron chi connectivity index (χ4n) is 3.49. The molecule has 4 rings (SSSR count). The molecule has 1 saturated heterocycles. The van der Waals surface area contributed by atoms with Crippen LogP contribution >= 0.6 is 11.8 Å². The molecule has 1 N–H and O–H groups in total. The van der Waals surface area contributed by atoms with Crippen LogP contribution in [-0.4, -0.2) is 60.5 Å². The number of aromatic nitrogens is 3. The van der Waals surface area contributed by atoms with Gasteiger partial charge in [-0.1, -0.05) is 41.6 Å². The molecule has 0 saturated carbocycles. The van der Waals surface area contributed by atoms with Crippen molar-refractivity contribution in [2.45, 2.75) is 12.1 Å². The zero-order valence-corrected chi connectivity index (χ0v) is 17.7. The van der Waals surface area contributed by atoms with Crippen molar-refractivity contribution in [1.82, 2.24) is 14.8 Å². The van der Waals surface area contributed by atoms with Crippen molar-refractivity contribution in [3.63, 3.8) is 0 Å². The van der Waals surface area contributed by atoms with E-state index in [2.05, 4.69) is 46.0 Å². The summed E-state index contributed by atoms with van der Waals surface area (Å²) in [6.45, 7) is 7.07. The predicted molar refractivity (Wildman–Crippen MR) is 115 cm³/mol. The Morgan fingerprint density at radius 3 is 2.59 bits per heavy atom. The van der Waals surface area contributed by atoms with Gasteiger partial charge in [-0.15, -0.1) is 10.2 Å². The van der Waals surface area contributed by atoms with E-state index in [0.717, 1.165) is 66.6 Å². The number of aryl methyl sites for hydroxylation is 1. The highest BCUT2D eigenvalue weighted by Gasteiger charge is 2.20. The number of quaternary nitrogens is 1. The van der Waals surface area contributed by atoms with Crippen LogP contribution in [0.1, 0.15) is 5.56 Å². The molecule has 3 aromatic rings. The first-order valence-electron chi connectivity index (χ1n) is 9.96. The number of hydrogen-bond donors (Lipinski definition) is 1. The molecule has 152 valence electrons. The quantitative estimate of drug-likeness (QED) is 0.605. The van der Waals surface area contributed by atoms with Crippen molar-refractivity contribution >= 4 is 11.8 Å². The Hall–Kier alpha value is -2.35. The number of nitrogens with zero attached hydrogens (tertiary/aromatic N) is 3. The molecule has 6 nitrogen and oxygen atoms in total. The molecule has 1 aliphatic rings. The Morgan fingerprint density at radius 1 is 1.07 bits per heavy atom. The highest BCUT2D eigenvalue weighted by Crippen LogP contribution is 2.33. The Kier molecular flexibility index (Phi) is 6.49. The van der Waals surface area contributed by atoms with E-state index in [1.165, 1.54) is 5.56 Å². The third-order valence-corrected chi connectivity index (χ3v) is 6.09. The van der Waals surface area contributed by atoms with Crippen LogP contribution in [0.2, 0.25) is 0 Å². The molecular formula is C22H27N4O2S+. The predicted octanol–water partition coefficient (Wildman–Crippen LogP) is 2.26. The summed E-state index contributed by atoms with van der Waals surface area (Å²) in [7, 11) is 1.69. The molecule has 1 fully saturated rings. The molecule has 0 bridgehead atoms. The van der Waals surface area contributed by atoms with E-state index in [9.17, 15) is 0 Å². The van der Waals surface area contributed by atoms with Crippen molar-refractivity contribution in [3.05, 3.63) is 54.1 Å². The van der Waals surface area contributed by atoms with E-state index in [-0.39, 0.29) is 0 Å². The minimum Gasteiger partial charge on any atom is -0.496 e. The lowest BCUT2D eigenvalue weighted by Gasteiger charge is -2.23. The first-order valence-corrected chi connectivity index (χ1v) is 10.9. The molecule has 0 spiro atoms. The van der Waals surface area contributed by atoms with Crippen LogP contribution in [0.3, 0.4) is 0 Å². The van der Waals surface area contributed by atoms with Gasteiger partial charge in [0.2, 0.25) is 0 Å². The van der Waals surface area contributed by atoms with E-state index in [4.69, 9.17) is 9.47 Å². The van der Waals surface area contributed by atoms with Gasteiger partial charge in [0.05, 0.1) is 38.2 Å². The number of ether oxygens (including phenoxy) is 2. The molecule has 7 heteroatoms. The first kappa shape index (κ1) is 19.9.